The summed E-state index contributed by atoms with van der Waals surface area (Å²) < 4.78 is 5.46. The van der Waals surface area contributed by atoms with Crippen molar-refractivity contribution in [2.24, 2.45) is 0 Å². The Morgan fingerprint density at radius 1 is 1.44 bits per heavy atom. The van der Waals surface area contributed by atoms with E-state index in [2.05, 4.69) is 31.3 Å². The third-order valence-electron chi connectivity index (χ3n) is 5.28. The van der Waals surface area contributed by atoms with Gasteiger partial charge in [-0.25, -0.2) is 9.89 Å². The molecule has 4 rings (SSSR count). The lowest BCUT2D eigenvalue weighted by molar-refractivity contribution is -0.193. The number of carboxylic acids is 1. The Hall–Kier alpha value is -3.43. The molecule has 1 aromatic heterocycles. The van der Waals surface area contributed by atoms with Crippen molar-refractivity contribution in [1.29, 1.82) is 0 Å². The maximum absolute atomic E-state index is 13.2. The summed E-state index contributed by atoms with van der Waals surface area (Å²) in [6.45, 7) is 0. The van der Waals surface area contributed by atoms with Crippen LogP contribution >= 0.6 is 23.5 Å². The molecule has 0 radical (unpaired) electrons. The fourth-order valence-corrected chi connectivity index (χ4v) is 6.03. The largest absolute Gasteiger partial charge is 0.477 e. The number of aromatic amines is 1. The molecule has 2 aliphatic heterocycles. The third kappa shape index (κ3) is 4.12. The molecule has 2 aliphatic rings. The highest BCUT2D eigenvalue weighted by Gasteiger charge is 2.66. The number of aliphatic carboxylic acids is 1. The van der Waals surface area contributed by atoms with Crippen LogP contribution in [-0.4, -0.2) is 84.5 Å². The molecule has 1 fully saturated rings. The quantitative estimate of drug-likeness (QED) is 0.141. The minimum Gasteiger partial charge on any atom is -0.477 e. The number of carbonyl (C=O) groups is 4. The molecule has 34 heavy (non-hydrogen) atoms. The number of aromatic nitrogens is 4. The van der Waals surface area contributed by atoms with Gasteiger partial charge >= 0.3 is 5.97 Å². The van der Waals surface area contributed by atoms with Crippen LogP contribution in [0.25, 0.3) is 0 Å². The third-order valence-corrected chi connectivity index (χ3v) is 7.60. The molecule has 1 aromatic carbocycles. The predicted molar refractivity (Wildman–Crippen MR) is 119 cm³/mol. The summed E-state index contributed by atoms with van der Waals surface area (Å²) in [5, 5.41) is 27.7. The lowest BCUT2D eigenvalue weighted by Gasteiger charge is -2.56. The number of fused-ring (bicyclic) bond motifs is 1. The first kappa shape index (κ1) is 23.7. The maximum atomic E-state index is 13.2. The molecule has 0 aliphatic carbocycles. The average molecular weight is 506 g/mol. The van der Waals surface area contributed by atoms with Crippen molar-refractivity contribution in [2.45, 2.75) is 22.3 Å². The molecule has 3 heterocycles. The number of nitrogens with one attached hydrogen (secondary N) is 3. The van der Waals surface area contributed by atoms with Crippen molar-refractivity contribution < 1.29 is 29.0 Å². The number of thioether (sulfide) groups is 2. The molecular formula is C19H19N7O6S2. The van der Waals surface area contributed by atoms with E-state index in [0.29, 0.717) is 22.7 Å². The van der Waals surface area contributed by atoms with Gasteiger partial charge < -0.3 is 20.5 Å². The maximum Gasteiger partial charge on any atom is 0.352 e. The van der Waals surface area contributed by atoms with E-state index >= 15 is 0 Å². The summed E-state index contributed by atoms with van der Waals surface area (Å²) in [5.41, 5.74) is -0.940. The van der Waals surface area contributed by atoms with E-state index in [0.717, 1.165) is 4.90 Å². The van der Waals surface area contributed by atoms with Gasteiger partial charge in [0, 0.05) is 18.6 Å². The van der Waals surface area contributed by atoms with Crippen molar-refractivity contribution in [3.8, 4) is 0 Å². The molecule has 0 saturated carbocycles. The molecular weight excluding hydrogens is 486 g/mol. The van der Waals surface area contributed by atoms with Crippen molar-refractivity contribution >= 4 is 47.7 Å². The molecule has 3 atom stereocenters. The number of methoxy groups -OCH3 is 1. The molecule has 4 N–H and O–H groups in total. The highest BCUT2D eigenvalue weighted by atomic mass is 32.2. The number of β-lactam (4-membered cyclic amide) rings is 1. The van der Waals surface area contributed by atoms with Crippen LogP contribution in [0.3, 0.4) is 0 Å². The van der Waals surface area contributed by atoms with Crippen molar-refractivity contribution in [1.82, 2.24) is 36.2 Å². The van der Waals surface area contributed by atoms with Gasteiger partial charge in [-0.1, -0.05) is 42.1 Å². The average Bonchev–Trinajstić information content (AvgIpc) is 3.37. The number of tetrazole rings is 1. The van der Waals surface area contributed by atoms with Crippen molar-refractivity contribution in [3.63, 3.8) is 0 Å². The normalized spacial score (nSPS) is 22.4. The molecule has 15 heteroatoms. The van der Waals surface area contributed by atoms with Gasteiger partial charge in [0.2, 0.25) is 17.5 Å². The van der Waals surface area contributed by atoms with Gasteiger partial charge in [0.25, 0.3) is 11.6 Å². The molecule has 13 nitrogen and oxygen atoms in total. The SMILES string of the molecule is CO[C@@]1(NC(=O)C(NC=O)c2ccccc2)C(=O)N2C(C(=O)O)=C(CSc3nnn[nH]3)CSC21. The lowest BCUT2D eigenvalue weighted by Crippen LogP contribution is -2.81. The van der Waals surface area contributed by atoms with E-state index in [-0.39, 0.29) is 17.2 Å². The van der Waals surface area contributed by atoms with Gasteiger partial charge in [-0.15, -0.1) is 16.9 Å². The zero-order chi connectivity index (χ0) is 24.3. The minimum atomic E-state index is -1.78. The smallest absolute Gasteiger partial charge is 0.352 e. The summed E-state index contributed by atoms with van der Waals surface area (Å²) >= 11 is 2.46. The molecule has 1 saturated heterocycles. The summed E-state index contributed by atoms with van der Waals surface area (Å²) in [7, 11) is 1.26. The molecule has 0 spiro atoms. The zero-order valence-electron chi connectivity index (χ0n) is 17.6. The Morgan fingerprint density at radius 3 is 2.82 bits per heavy atom. The number of carbonyl (C=O) groups excluding carboxylic acids is 3. The number of carboxylic acid groups (broad SMARTS) is 1. The van der Waals surface area contributed by atoms with Crippen LogP contribution in [0, 0.1) is 0 Å². The molecule has 0 bridgehead atoms. The van der Waals surface area contributed by atoms with E-state index in [4.69, 9.17) is 4.74 Å². The Labute approximate surface area is 201 Å². The molecule has 3 amide bonds. The van der Waals surface area contributed by atoms with E-state index in [1.165, 1.54) is 30.6 Å². The van der Waals surface area contributed by atoms with E-state index in [1.54, 1.807) is 30.3 Å². The standard InChI is InChI=1S/C19H19N7O6S2/c1-32-19(21-14(28)12(20-9-27)10-5-3-2-4-6-10)16(31)26-13(15(29)30)11(7-33-17(19)26)8-34-18-22-24-25-23-18/h2-6,9,12,17H,7-8H2,1H3,(H,20,27)(H,21,28)(H,29,30)(H,22,23,24,25)/t12?,17?,19-/m0/s1. The molecule has 2 unspecified atom stereocenters. The Bertz CT molecular complexity index is 1130. The first-order valence-corrected chi connectivity index (χ1v) is 11.8. The van der Waals surface area contributed by atoms with Crippen LogP contribution in [0.4, 0.5) is 0 Å². The zero-order valence-corrected chi connectivity index (χ0v) is 19.3. The van der Waals surface area contributed by atoms with Crippen LogP contribution in [-0.2, 0) is 23.9 Å². The number of amides is 3. The van der Waals surface area contributed by atoms with Gasteiger partial charge in [-0.05, 0) is 21.6 Å². The predicted octanol–water partition coefficient (Wildman–Crippen LogP) is -0.508. The van der Waals surface area contributed by atoms with Crippen LogP contribution < -0.4 is 10.6 Å². The summed E-state index contributed by atoms with van der Waals surface area (Å²) in [5.74, 6) is -2.15. The van der Waals surface area contributed by atoms with Crippen LogP contribution in [0.1, 0.15) is 11.6 Å². The fraction of sp³-hybridized carbons (Fsp3) is 0.316. The van der Waals surface area contributed by atoms with Crippen LogP contribution in [0.2, 0.25) is 0 Å². The lowest BCUT2D eigenvalue weighted by atomic mass is 9.97. The minimum absolute atomic E-state index is 0.165. The van der Waals surface area contributed by atoms with Crippen LogP contribution in [0.15, 0.2) is 46.8 Å². The van der Waals surface area contributed by atoms with E-state index < -0.39 is 34.9 Å². The number of nitrogens with zero attached hydrogens (tertiary/aromatic N) is 4. The second kappa shape index (κ2) is 9.82. The fourth-order valence-electron chi connectivity index (χ4n) is 3.71. The monoisotopic (exact) mass is 505 g/mol. The Morgan fingerprint density at radius 2 is 2.21 bits per heavy atom. The van der Waals surface area contributed by atoms with Crippen molar-refractivity contribution in [2.75, 3.05) is 18.6 Å². The van der Waals surface area contributed by atoms with Crippen molar-refractivity contribution in [3.05, 3.63) is 47.2 Å². The number of benzene rings is 1. The number of H-pyrrole nitrogens is 1. The summed E-state index contributed by atoms with van der Waals surface area (Å²) in [6, 6.07) is 7.42. The second-order valence-electron chi connectivity index (χ2n) is 7.15. The Kier molecular flexibility index (Phi) is 6.85. The van der Waals surface area contributed by atoms with Gasteiger partial charge in [0.05, 0.1) is 0 Å². The number of hydrogen-bond donors (Lipinski definition) is 4. The first-order chi connectivity index (χ1) is 16.4. The number of rotatable bonds is 10. The van der Waals surface area contributed by atoms with Gasteiger partial charge in [-0.2, -0.15) is 0 Å². The summed E-state index contributed by atoms with van der Waals surface area (Å²) in [6.07, 6.45) is 0.389. The van der Waals surface area contributed by atoms with E-state index in [9.17, 15) is 24.3 Å². The van der Waals surface area contributed by atoms with E-state index in [1.807, 2.05) is 0 Å². The van der Waals surface area contributed by atoms with Gasteiger partial charge in [-0.3, -0.25) is 19.3 Å². The van der Waals surface area contributed by atoms with Gasteiger partial charge in [0.15, 0.2) is 0 Å². The number of hydrogen-bond acceptors (Lipinski definition) is 10. The topological polar surface area (TPSA) is 179 Å². The molecule has 178 valence electrons. The Balaban J connectivity index is 1.57. The van der Waals surface area contributed by atoms with Crippen LogP contribution in [0.5, 0.6) is 0 Å². The molecule has 2 aromatic rings. The number of ether oxygens (including phenoxy) is 1. The highest BCUT2D eigenvalue weighted by Crippen LogP contribution is 2.47. The highest BCUT2D eigenvalue weighted by molar-refractivity contribution is 8.01. The first-order valence-electron chi connectivity index (χ1n) is 9.82. The second-order valence-corrected chi connectivity index (χ2v) is 9.18. The van der Waals surface area contributed by atoms with Gasteiger partial charge in [0.1, 0.15) is 17.1 Å². The summed E-state index contributed by atoms with van der Waals surface area (Å²) in [4.78, 5) is 50.6.